The molecule has 3 aromatic carbocycles. The molecule has 2 heterocycles. The molecular formula is C28H26ClNO7S3. The number of furan rings is 1. The molecule has 0 saturated heterocycles. The number of hydrogen-bond acceptors (Lipinski definition) is 7. The average Bonchev–Trinajstić information content (AvgIpc) is 3.40. The highest BCUT2D eigenvalue weighted by Crippen LogP contribution is 2.48. The summed E-state index contributed by atoms with van der Waals surface area (Å²) in [6, 6.07) is 21.2. The first-order valence-electron chi connectivity index (χ1n) is 12.4. The van der Waals surface area contributed by atoms with E-state index in [2.05, 4.69) is 0 Å². The van der Waals surface area contributed by atoms with E-state index in [1.54, 1.807) is 12.1 Å². The van der Waals surface area contributed by atoms with Crippen molar-refractivity contribution in [2.75, 3.05) is 23.0 Å². The number of nitrogens with zero attached hydrogens (tertiary/aromatic N) is 1. The van der Waals surface area contributed by atoms with Gasteiger partial charge in [-0.25, -0.2) is 0 Å². The van der Waals surface area contributed by atoms with Crippen LogP contribution < -0.4 is 4.90 Å². The summed E-state index contributed by atoms with van der Waals surface area (Å²) < 4.78 is 70.4. The molecule has 1 aliphatic heterocycles. The fraction of sp³-hybridized carbons (Fsp3) is 0.214. The summed E-state index contributed by atoms with van der Waals surface area (Å²) in [5, 5.41) is 2.14. The van der Waals surface area contributed by atoms with E-state index < -0.39 is 20.2 Å². The molecule has 0 spiro atoms. The number of halogens is 1. The maximum Gasteiger partial charge on any atom is 0.264 e. The van der Waals surface area contributed by atoms with E-state index in [1.807, 2.05) is 65.6 Å². The predicted octanol–water partition coefficient (Wildman–Crippen LogP) is 6.76. The summed E-state index contributed by atoms with van der Waals surface area (Å²) in [5.74, 6) is -0.226. The van der Waals surface area contributed by atoms with Crippen molar-refractivity contribution < 1.29 is 30.4 Å². The van der Waals surface area contributed by atoms with Crippen LogP contribution in [0.5, 0.6) is 0 Å². The van der Waals surface area contributed by atoms with Gasteiger partial charge in [0, 0.05) is 33.5 Å². The number of anilines is 1. The molecule has 2 N–H and O–H groups in total. The summed E-state index contributed by atoms with van der Waals surface area (Å²) in [5.41, 5.74) is 4.26. The van der Waals surface area contributed by atoms with Crippen LogP contribution in [0.1, 0.15) is 24.2 Å². The van der Waals surface area contributed by atoms with Gasteiger partial charge in [0.2, 0.25) is 0 Å². The van der Waals surface area contributed by atoms with Crippen molar-refractivity contribution in [3.8, 4) is 11.1 Å². The second kappa shape index (κ2) is 11.6. The quantitative estimate of drug-likeness (QED) is 0.185. The van der Waals surface area contributed by atoms with E-state index in [1.165, 1.54) is 11.8 Å². The normalized spacial score (nSPS) is 14.8. The molecule has 1 aromatic heterocycles. The SMILES string of the molecule is O=S(=O)(O)CCCc1c(/C=C2\Sc3ccc(Cl)cc3N2CCCS(=O)(=O)O)oc2ccc(-c3ccccc3)cc12. The van der Waals surface area contributed by atoms with E-state index in [4.69, 9.17) is 16.0 Å². The van der Waals surface area contributed by atoms with Crippen molar-refractivity contribution in [2.24, 2.45) is 0 Å². The highest BCUT2D eigenvalue weighted by molar-refractivity contribution is 8.03. The van der Waals surface area contributed by atoms with E-state index in [0.717, 1.165) is 37.7 Å². The monoisotopic (exact) mass is 619 g/mol. The molecular weight excluding hydrogens is 594 g/mol. The summed E-state index contributed by atoms with van der Waals surface area (Å²) in [6.45, 7) is 0.308. The van der Waals surface area contributed by atoms with Crippen molar-refractivity contribution in [3.05, 3.63) is 88.1 Å². The molecule has 0 fully saturated rings. The molecule has 1 aliphatic rings. The Hall–Kier alpha value is -2.80. The molecule has 0 saturated carbocycles. The molecule has 12 heteroatoms. The Morgan fingerprint density at radius 3 is 2.33 bits per heavy atom. The van der Waals surface area contributed by atoms with Crippen molar-refractivity contribution in [2.45, 2.75) is 24.2 Å². The molecule has 0 unspecified atom stereocenters. The zero-order valence-corrected chi connectivity index (χ0v) is 24.4. The lowest BCUT2D eigenvalue weighted by molar-refractivity contribution is 0.479. The fourth-order valence-electron chi connectivity index (χ4n) is 4.71. The van der Waals surface area contributed by atoms with Gasteiger partial charge in [-0.1, -0.05) is 59.8 Å². The summed E-state index contributed by atoms with van der Waals surface area (Å²) in [4.78, 5) is 2.86. The molecule has 40 heavy (non-hydrogen) atoms. The minimum Gasteiger partial charge on any atom is -0.456 e. The maximum atomic E-state index is 11.4. The summed E-state index contributed by atoms with van der Waals surface area (Å²) >= 11 is 7.73. The molecule has 0 atom stereocenters. The Kier molecular flexibility index (Phi) is 8.32. The van der Waals surface area contributed by atoms with Gasteiger partial charge in [0.25, 0.3) is 20.2 Å². The van der Waals surface area contributed by atoms with Crippen LogP contribution in [-0.4, -0.2) is 44.0 Å². The third-order valence-electron chi connectivity index (χ3n) is 6.49. The molecule has 210 valence electrons. The number of benzene rings is 3. The number of hydrogen-bond donors (Lipinski definition) is 2. The number of thioether (sulfide) groups is 1. The first-order chi connectivity index (χ1) is 19.0. The Labute approximate surface area is 242 Å². The van der Waals surface area contributed by atoms with Crippen LogP contribution in [0.3, 0.4) is 0 Å². The molecule has 5 rings (SSSR count). The van der Waals surface area contributed by atoms with Gasteiger partial charge in [0.15, 0.2) is 0 Å². The van der Waals surface area contributed by atoms with Gasteiger partial charge in [-0.15, -0.1) is 0 Å². The third-order valence-corrected chi connectivity index (χ3v) is 9.45. The van der Waals surface area contributed by atoms with Crippen LogP contribution in [-0.2, 0) is 26.7 Å². The molecule has 4 aromatic rings. The van der Waals surface area contributed by atoms with E-state index in [0.29, 0.717) is 29.3 Å². The van der Waals surface area contributed by atoms with Gasteiger partial charge >= 0.3 is 0 Å². The number of aryl methyl sites for hydroxylation is 1. The van der Waals surface area contributed by atoms with E-state index in [9.17, 15) is 25.9 Å². The Bertz CT molecular complexity index is 1800. The van der Waals surface area contributed by atoms with Crippen LogP contribution in [0.25, 0.3) is 28.2 Å². The Balaban J connectivity index is 1.57. The summed E-state index contributed by atoms with van der Waals surface area (Å²) in [6.07, 6.45) is 2.58. The van der Waals surface area contributed by atoms with Crippen LogP contribution >= 0.6 is 23.4 Å². The van der Waals surface area contributed by atoms with E-state index >= 15 is 0 Å². The largest absolute Gasteiger partial charge is 0.456 e. The molecule has 0 radical (unpaired) electrons. The zero-order chi connectivity index (χ0) is 28.5. The summed E-state index contributed by atoms with van der Waals surface area (Å²) in [7, 11) is -8.25. The van der Waals surface area contributed by atoms with Crippen molar-refractivity contribution in [3.63, 3.8) is 0 Å². The lowest BCUT2D eigenvalue weighted by Gasteiger charge is -2.20. The Morgan fingerprint density at radius 2 is 1.60 bits per heavy atom. The van der Waals surface area contributed by atoms with Crippen LogP contribution in [0.4, 0.5) is 5.69 Å². The molecule has 8 nitrogen and oxygen atoms in total. The first-order valence-corrected chi connectivity index (χ1v) is 16.9. The second-order valence-electron chi connectivity index (χ2n) is 9.40. The second-order valence-corrected chi connectivity index (χ2v) is 14.0. The smallest absolute Gasteiger partial charge is 0.264 e. The fourth-order valence-corrected chi connectivity index (χ4v) is 6.98. The number of rotatable bonds is 10. The molecule has 0 bridgehead atoms. The average molecular weight is 620 g/mol. The highest BCUT2D eigenvalue weighted by atomic mass is 35.5. The minimum absolute atomic E-state index is 0.185. The van der Waals surface area contributed by atoms with E-state index in [-0.39, 0.29) is 24.3 Å². The Morgan fingerprint density at radius 1 is 0.875 bits per heavy atom. The number of fused-ring (bicyclic) bond motifs is 2. The molecule has 0 aliphatic carbocycles. The van der Waals surface area contributed by atoms with Crippen LogP contribution in [0, 0.1) is 0 Å². The van der Waals surface area contributed by atoms with Crippen LogP contribution in [0.2, 0.25) is 5.02 Å². The van der Waals surface area contributed by atoms with Crippen molar-refractivity contribution in [1.29, 1.82) is 0 Å². The minimum atomic E-state index is -4.13. The van der Waals surface area contributed by atoms with Gasteiger partial charge in [0.05, 0.1) is 22.2 Å². The van der Waals surface area contributed by atoms with Gasteiger partial charge < -0.3 is 9.32 Å². The van der Waals surface area contributed by atoms with Crippen LogP contribution in [0.15, 0.2) is 81.1 Å². The molecule has 0 amide bonds. The third kappa shape index (κ3) is 6.91. The van der Waals surface area contributed by atoms with Gasteiger partial charge in [-0.2, -0.15) is 16.8 Å². The maximum absolute atomic E-state index is 11.4. The topological polar surface area (TPSA) is 125 Å². The highest BCUT2D eigenvalue weighted by Gasteiger charge is 2.27. The lowest BCUT2D eigenvalue weighted by atomic mass is 10.00. The lowest BCUT2D eigenvalue weighted by Crippen LogP contribution is -2.21. The first kappa shape index (κ1) is 28.7. The van der Waals surface area contributed by atoms with Crippen molar-refractivity contribution in [1.82, 2.24) is 0 Å². The van der Waals surface area contributed by atoms with Gasteiger partial charge in [-0.3, -0.25) is 9.11 Å². The predicted molar refractivity (Wildman–Crippen MR) is 160 cm³/mol. The van der Waals surface area contributed by atoms with Crippen molar-refractivity contribution >= 4 is 66.3 Å². The zero-order valence-electron chi connectivity index (χ0n) is 21.2. The van der Waals surface area contributed by atoms with Gasteiger partial charge in [0.1, 0.15) is 11.3 Å². The van der Waals surface area contributed by atoms with Gasteiger partial charge in [-0.05, 0) is 60.7 Å². The standard InChI is InChI=1S/C28H26ClNO7S3/c29-21-10-12-27-24(17-21)30(13-5-15-40(34,35)36)28(38-27)18-26-22(8-4-14-39(31,32)33)23-16-20(9-11-25(23)37-26)19-6-2-1-3-7-19/h1-3,6-7,9-12,16-18H,4-5,8,13-15H2,(H,31,32,33)(H,34,35,36)/b28-18-.